The first-order chi connectivity index (χ1) is 12.7. The molecule has 26 heavy (non-hydrogen) atoms. The molecule has 0 N–H and O–H groups in total. The molecule has 2 aromatic rings. The van der Waals surface area contributed by atoms with Crippen molar-refractivity contribution >= 4 is 17.7 Å². The Balaban J connectivity index is 1.47. The first-order valence-corrected chi connectivity index (χ1v) is 9.57. The Morgan fingerprint density at radius 1 is 1.19 bits per heavy atom. The molecular formula is C23H26N2O. The molecule has 1 aliphatic heterocycles. The fourth-order valence-corrected chi connectivity index (χ4v) is 3.73. The number of benzene rings is 2. The lowest BCUT2D eigenvalue weighted by Crippen LogP contribution is -2.31. The van der Waals surface area contributed by atoms with E-state index < -0.39 is 0 Å². The molecule has 1 amide bonds. The zero-order chi connectivity index (χ0) is 17.9. The SMILES string of the molecule is CN1CCCc2cc(C=CC(=O)N(Cc3ccccc3)C3CC3)ccc21. The van der Waals surface area contributed by atoms with Gasteiger partial charge in [-0.05, 0) is 60.6 Å². The predicted octanol–water partition coefficient (Wildman–Crippen LogP) is 4.27. The van der Waals surface area contributed by atoms with Crippen molar-refractivity contribution in [2.45, 2.75) is 38.3 Å². The molecular weight excluding hydrogens is 320 g/mol. The number of hydrogen-bond acceptors (Lipinski definition) is 2. The quantitative estimate of drug-likeness (QED) is 0.755. The smallest absolute Gasteiger partial charge is 0.247 e. The topological polar surface area (TPSA) is 23.6 Å². The van der Waals surface area contributed by atoms with Crippen LogP contribution in [0.3, 0.4) is 0 Å². The minimum absolute atomic E-state index is 0.117. The van der Waals surface area contributed by atoms with Crippen LogP contribution in [0.25, 0.3) is 6.08 Å². The van der Waals surface area contributed by atoms with Crippen LogP contribution in [0.5, 0.6) is 0 Å². The molecule has 0 atom stereocenters. The van der Waals surface area contributed by atoms with E-state index in [1.165, 1.54) is 23.2 Å². The highest BCUT2D eigenvalue weighted by molar-refractivity contribution is 5.92. The van der Waals surface area contributed by atoms with Crippen molar-refractivity contribution in [3.63, 3.8) is 0 Å². The highest BCUT2D eigenvalue weighted by atomic mass is 16.2. The Labute approximate surface area is 155 Å². The molecule has 4 rings (SSSR count). The number of amides is 1. The zero-order valence-corrected chi connectivity index (χ0v) is 15.4. The maximum absolute atomic E-state index is 12.8. The van der Waals surface area contributed by atoms with Crippen LogP contribution in [0.2, 0.25) is 0 Å². The van der Waals surface area contributed by atoms with Gasteiger partial charge in [0.05, 0.1) is 0 Å². The molecule has 3 heteroatoms. The standard InChI is InChI=1S/C23H26N2O/c1-24-15-5-8-20-16-18(9-13-22(20)24)10-14-23(26)25(21-11-12-21)17-19-6-3-2-4-7-19/h2-4,6-7,9-10,13-14,16,21H,5,8,11-12,15,17H2,1H3. The average molecular weight is 346 g/mol. The van der Waals surface area contributed by atoms with Crippen molar-refractivity contribution in [2.75, 3.05) is 18.5 Å². The molecule has 2 aromatic carbocycles. The molecule has 1 heterocycles. The molecule has 134 valence electrons. The van der Waals surface area contributed by atoms with Gasteiger partial charge < -0.3 is 9.80 Å². The molecule has 0 bridgehead atoms. The largest absolute Gasteiger partial charge is 0.374 e. The number of fused-ring (bicyclic) bond motifs is 1. The van der Waals surface area contributed by atoms with E-state index >= 15 is 0 Å². The Morgan fingerprint density at radius 3 is 2.77 bits per heavy atom. The summed E-state index contributed by atoms with van der Waals surface area (Å²) in [7, 11) is 2.15. The third-order valence-corrected chi connectivity index (χ3v) is 5.34. The van der Waals surface area contributed by atoms with E-state index in [9.17, 15) is 4.79 Å². The third kappa shape index (κ3) is 3.82. The van der Waals surface area contributed by atoms with Gasteiger partial charge in [0.25, 0.3) is 0 Å². The fraction of sp³-hybridized carbons (Fsp3) is 0.348. The molecule has 0 unspecified atom stereocenters. The maximum atomic E-state index is 12.8. The number of anilines is 1. The Kier molecular flexibility index (Phi) is 4.79. The van der Waals surface area contributed by atoms with Crippen molar-refractivity contribution in [2.24, 2.45) is 0 Å². The molecule has 1 aliphatic carbocycles. The van der Waals surface area contributed by atoms with Crippen LogP contribution in [0.4, 0.5) is 5.69 Å². The molecule has 0 aromatic heterocycles. The first-order valence-electron chi connectivity index (χ1n) is 9.57. The molecule has 0 radical (unpaired) electrons. The Hall–Kier alpha value is -2.55. The van der Waals surface area contributed by atoms with Crippen molar-refractivity contribution < 1.29 is 4.79 Å². The summed E-state index contributed by atoms with van der Waals surface area (Å²) >= 11 is 0. The fourth-order valence-electron chi connectivity index (χ4n) is 3.73. The summed E-state index contributed by atoms with van der Waals surface area (Å²) in [6.07, 6.45) is 8.28. The number of carbonyl (C=O) groups excluding carboxylic acids is 1. The van der Waals surface area contributed by atoms with Gasteiger partial charge in [-0.15, -0.1) is 0 Å². The number of hydrogen-bond donors (Lipinski definition) is 0. The molecule has 1 saturated carbocycles. The second-order valence-corrected chi connectivity index (χ2v) is 7.43. The van der Waals surface area contributed by atoms with E-state index in [4.69, 9.17) is 0 Å². The van der Waals surface area contributed by atoms with Gasteiger partial charge >= 0.3 is 0 Å². The van der Waals surface area contributed by atoms with E-state index in [0.717, 1.165) is 31.4 Å². The number of aryl methyl sites for hydroxylation is 1. The summed E-state index contributed by atoms with van der Waals surface area (Å²) in [6, 6.07) is 17.2. The number of rotatable bonds is 5. The van der Waals surface area contributed by atoms with Gasteiger partial charge in [-0.2, -0.15) is 0 Å². The molecule has 1 fully saturated rings. The van der Waals surface area contributed by atoms with E-state index in [1.54, 1.807) is 6.08 Å². The second-order valence-electron chi connectivity index (χ2n) is 7.43. The van der Waals surface area contributed by atoms with Crippen LogP contribution in [-0.2, 0) is 17.8 Å². The second kappa shape index (κ2) is 7.36. The lowest BCUT2D eigenvalue weighted by atomic mass is 9.99. The van der Waals surface area contributed by atoms with Crippen LogP contribution in [0.1, 0.15) is 36.0 Å². The van der Waals surface area contributed by atoms with Gasteiger partial charge in [0.1, 0.15) is 0 Å². The number of carbonyl (C=O) groups is 1. The lowest BCUT2D eigenvalue weighted by Gasteiger charge is -2.27. The van der Waals surface area contributed by atoms with Gasteiger partial charge in [0.15, 0.2) is 0 Å². The van der Waals surface area contributed by atoms with Crippen LogP contribution in [-0.4, -0.2) is 30.4 Å². The normalized spacial score (nSPS) is 16.6. The lowest BCUT2D eigenvalue weighted by molar-refractivity contribution is -0.127. The molecule has 3 nitrogen and oxygen atoms in total. The highest BCUT2D eigenvalue weighted by Crippen LogP contribution is 2.29. The number of nitrogens with zero attached hydrogens (tertiary/aromatic N) is 2. The van der Waals surface area contributed by atoms with Crippen LogP contribution >= 0.6 is 0 Å². The van der Waals surface area contributed by atoms with Gasteiger partial charge in [-0.1, -0.05) is 36.4 Å². The molecule has 2 aliphatic rings. The highest BCUT2D eigenvalue weighted by Gasteiger charge is 2.31. The monoisotopic (exact) mass is 346 g/mol. The van der Waals surface area contributed by atoms with Crippen LogP contribution < -0.4 is 4.90 Å². The molecule has 0 saturated heterocycles. The summed E-state index contributed by atoms with van der Waals surface area (Å²) in [5.41, 5.74) is 5.01. The van der Waals surface area contributed by atoms with Gasteiger partial charge in [-0.3, -0.25) is 4.79 Å². The summed E-state index contributed by atoms with van der Waals surface area (Å²) in [5.74, 6) is 0.117. The van der Waals surface area contributed by atoms with Gasteiger partial charge in [-0.25, -0.2) is 0 Å². The van der Waals surface area contributed by atoms with Gasteiger partial charge in [0.2, 0.25) is 5.91 Å². The predicted molar refractivity (Wildman–Crippen MR) is 107 cm³/mol. The van der Waals surface area contributed by atoms with E-state index in [-0.39, 0.29) is 5.91 Å². The minimum Gasteiger partial charge on any atom is -0.374 e. The summed E-state index contributed by atoms with van der Waals surface area (Å²) < 4.78 is 0. The summed E-state index contributed by atoms with van der Waals surface area (Å²) in [4.78, 5) is 17.1. The average Bonchev–Trinajstić information content (AvgIpc) is 3.50. The van der Waals surface area contributed by atoms with Gasteiger partial charge in [0, 0.05) is 37.9 Å². The Morgan fingerprint density at radius 2 is 2.00 bits per heavy atom. The van der Waals surface area contributed by atoms with E-state index in [1.807, 2.05) is 29.2 Å². The third-order valence-electron chi connectivity index (χ3n) is 5.34. The first kappa shape index (κ1) is 16.9. The summed E-state index contributed by atoms with van der Waals surface area (Å²) in [6.45, 7) is 1.82. The van der Waals surface area contributed by atoms with E-state index in [0.29, 0.717) is 12.6 Å². The molecule has 0 spiro atoms. The van der Waals surface area contributed by atoms with Crippen molar-refractivity contribution in [1.29, 1.82) is 0 Å². The van der Waals surface area contributed by atoms with Crippen LogP contribution in [0.15, 0.2) is 54.6 Å². The maximum Gasteiger partial charge on any atom is 0.247 e. The van der Waals surface area contributed by atoms with Crippen molar-refractivity contribution in [1.82, 2.24) is 4.90 Å². The zero-order valence-electron chi connectivity index (χ0n) is 15.4. The minimum atomic E-state index is 0.117. The van der Waals surface area contributed by atoms with E-state index in [2.05, 4.69) is 42.3 Å². The Bertz CT molecular complexity index is 808. The van der Waals surface area contributed by atoms with Crippen molar-refractivity contribution in [3.05, 3.63) is 71.3 Å². The summed E-state index contributed by atoms with van der Waals surface area (Å²) in [5, 5.41) is 0. The van der Waals surface area contributed by atoms with Crippen molar-refractivity contribution in [3.8, 4) is 0 Å². The van der Waals surface area contributed by atoms with Crippen LogP contribution in [0, 0.1) is 0 Å².